The molecule has 0 radical (unpaired) electrons. The summed E-state index contributed by atoms with van der Waals surface area (Å²) in [6.07, 6.45) is 4.78. The highest BCUT2D eigenvalue weighted by Crippen LogP contribution is 1.97. The molecule has 1 heterocycles. The van der Waals surface area contributed by atoms with Gasteiger partial charge in [0.1, 0.15) is 5.76 Å². The van der Waals surface area contributed by atoms with Gasteiger partial charge in [-0.2, -0.15) is 5.10 Å². The van der Waals surface area contributed by atoms with Gasteiger partial charge in [0.25, 0.3) is 0 Å². The first-order chi connectivity index (χ1) is 6.74. The summed E-state index contributed by atoms with van der Waals surface area (Å²) >= 11 is 4.79. The van der Waals surface area contributed by atoms with Crippen LogP contribution in [0.4, 0.5) is 0 Å². The van der Waals surface area contributed by atoms with Gasteiger partial charge >= 0.3 is 0 Å². The normalized spacial score (nSPS) is 10.3. The van der Waals surface area contributed by atoms with Crippen molar-refractivity contribution in [3.63, 3.8) is 0 Å². The predicted octanol–water partition coefficient (Wildman–Crippen LogP) is 1.35. The molecule has 1 aromatic heterocycles. The molecule has 0 amide bonds. The number of hydrogen-bond acceptors (Lipinski definition) is 3. The standard InChI is InChI=1S/C9H11N3OS/c1-2-5-12(9(10)14)11-7-8-4-3-6-13-8/h2-4,6-7H,1,5H2,(H2,10,14)/b11-7+. The number of thiocarbonyl (C=S) groups is 1. The Morgan fingerprint density at radius 2 is 2.57 bits per heavy atom. The summed E-state index contributed by atoms with van der Waals surface area (Å²) in [6, 6.07) is 3.56. The Bertz CT molecular complexity index is 332. The highest BCUT2D eigenvalue weighted by molar-refractivity contribution is 7.80. The molecule has 14 heavy (non-hydrogen) atoms. The number of nitrogens with zero attached hydrogens (tertiary/aromatic N) is 2. The van der Waals surface area contributed by atoms with E-state index < -0.39 is 0 Å². The predicted molar refractivity (Wildman–Crippen MR) is 60.0 cm³/mol. The van der Waals surface area contributed by atoms with E-state index in [2.05, 4.69) is 11.7 Å². The molecule has 1 aromatic rings. The Morgan fingerprint density at radius 1 is 1.79 bits per heavy atom. The van der Waals surface area contributed by atoms with Crippen LogP contribution in [0.5, 0.6) is 0 Å². The van der Waals surface area contributed by atoms with Crippen LogP contribution in [-0.4, -0.2) is 22.9 Å². The topological polar surface area (TPSA) is 54.8 Å². The zero-order valence-electron chi connectivity index (χ0n) is 7.59. The average Bonchev–Trinajstić information content (AvgIpc) is 2.64. The Balaban J connectivity index is 2.63. The number of hydrazone groups is 1. The highest BCUT2D eigenvalue weighted by Gasteiger charge is 2.00. The van der Waals surface area contributed by atoms with E-state index in [1.54, 1.807) is 30.7 Å². The van der Waals surface area contributed by atoms with Crippen molar-refractivity contribution in [3.05, 3.63) is 36.8 Å². The molecule has 2 N–H and O–H groups in total. The Kier molecular flexibility index (Phi) is 3.87. The highest BCUT2D eigenvalue weighted by atomic mass is 32.1. The van der Waals surface area contributed by atoms with Gasteiger partial charge in [0.05, 0.1) is 19.0 Å². The van der Waals surface area contributed by atoms with Crippen LogP contribution in [0.1, 0.15) is 5.76 Å². The van der Waals surface area contributed by atoms with Gasteiger partial charge in [-0.1, -0.05) is 6.08 Å². The van der Waals surface area contributed by atoms with Crippen LogP contribution in [0, 0.1) is 0 Å². The molecule has 0 fully saturated rings. The zero-order chi connectivity index (χ0) is 10.4. The molecule has 4 nitrogen and oxygen atoms in total. The van der Waals surface area contributed by atoms with E-state index in [1.165, 1.54) is 5.01 Å². The molecule has 0 aromatic carbocycles. The number of hydrogen-bond donors (Lipinski definition) is 1. The minimum Gasteiger partial charge on any atom is -0.463 e. The molecule has 0 saturated carbocycles. The van der Waals surface area contributed by atoms with Crippen molar-refractivity contribution in [1.82, 2.24) is 5.01 Å². The molecule has 0 bridgehead atoms. The van der Waals surface area contributed by atoms with Crippen molar-refractivity contribution in [1.29, 1.82) is 0 Å². The third-order valence-corrected chi connectivity index (χ3v) is 1.63. The minimum absolute atomic E-state index is 0.202. The summed E-state index contributed by atoms with van der Waals surface area (Å²) in [4.78, 5) is 0. The molecule has 0 aliphatic heterocycles. The third kappa shape index (κ3) is 3.02. The van der Waals surface area contributed by atoms with Crippen LogP contribution < -0.4 is 5.73 Å². The SMILES string of the molecule is C=CCN(/N=C/c1ccco1)C(N)=S. The quantitative estimate of drug-likeness (QED) is 0.352. The van der Waals surface area contributed by atoms with Crippen molar-refractivity contribution >= 4 is 23.5 Å². The van der Waals surface area contributed by atoms with Gasteiger partial charge in [-0.3, -0.25) is 0 Å². The van der Waals surface area contributed by atoms with E-state index in [0.29, 0.717) is 12.3 Å². The second kappa shape index (κ2) is 5.18. The fourth-order valence-electron chi connectivity index (χ4n) is 0.808. The second-order valence-electron chi connectivity index (χ2n) is 2.47. The van der Waals surface area contributed by atoms with Crippen LogP contribution in [-0.2, 0) is 0 Å². The van der Waals surface area contributed by atoms with E-state index in [1.807, 2.05) is 0 Å². The van der Waals surface area contributed by atoms with E-state index in [4.69, 9.17) is 22.4 Å². The maximum absolute atomic E-state index is 5.43. The fourth-order valence-corrected chi connectivity index (χ4v) is 0.929. The maximum atomic E-state index is 5.43. The van der Waals surface area contributed by atoms with Crippen LogP contribution in [0.3, 0.4) is 0 Å². The first kappa shape index (κ1) is 10.5. The van der Waals surface area contributed by atoms with E-state index in [9.17, 15) is 0 Å². The lowest BCUT2D eigenvalue weighted by atomic mass is 10.5. The van der Waals surface area contributed by atoms with E-state index >= 15 is 0 Å². The number of nitrogens with two attached hydrogens (primary N) is 1. The third-order valence-electron chi connectivity index (χ3n) is 1.42. The molecule has 0 aliphatic rings. The Labute approximate surface area is 87.7 Å². The summed E-state index contributed by atoms with van der Waals surface area (Å²) in [6.45, 7) is 4.05. The van der Waals surface area contributed by atoms with Gasteiger partial charge in [0.2, 0.25) is 0 Å². The molecule has 5 heteroatoms. The van der Waals surface area contributed by atoms with Crippen LogP contribution in [0.25, 0.3) is 0 Å². The molecule has 0 atom stereocenters. The summed E-state index contributed by atoms with van der Waals surface area (Å²) in [5, 5.41) is 5.68. The van der Waals surface area contributed by atoms with Gasteiger partial charge in [-0.25, -0.2) is 5.01 Å². The van der Waals surface area contributed by atoms with Crippen LogP contribution in [0.2, 0.25) is 0 Å². The second-order valence-corrected chi connectivity index (χ2v) is 2.89. The van der Waals surface area contributed by atoms with Crippen LogP contribution >= 0.6 is 12.2 Å². The van der Waals surface area contributed by atoms with E-state index in [0.717, 1.165) is 0 Å². The van der Waals surface area contributed by atoms with Gasteiger partial charge < -0.3 is 10.2 Å². The van der Waals surface area contributed by atoms with Gasteiger partial charge in [0.15, 0.2) is 5.11 Å². The first-order valence-corrected chi connectivity index (χ1v) is 4.40. The molecule has 74 valence electrons. The molecule has 0 unspecified atom stereocenters. The smallest absolute Gasteiger partial charge is 0.187 e. The lowest BCUT2D eigenvalue weighted by Crippen LogP contribution is -2.31. The minimum atomic E-state index is 0.202. The van der Waals surface area contributed by atoms with Crippen molar-refractivity contribution in [3.8, 4) is 0 Å². The molecular formula is C9H11N3OS. The van der Waals surface area contributed by atoms with Crippen molar-refractivity contribution in [2.24, 2.45) is 10.8 Å². The maximum Gasteiger partial charge on any atom is 0.187 e. The molecule has 0 saturated heterocycles. The molecule has 0 aliphatic carbocycles. The van der Waals surface area contributed by atoms with Crippen molar-refractivity contribution in [2.45, 2.75) is 0 Å². The number of furan rings is 1. The number of rotatable bonds is 4. The molecule has 1 rings (SSSR count). The lowest BCUT2D eigenvalue weighted by molar-refractivity contribution is 0.496. The summed E-state index contributed by atoms with van der Waals surface area (Å²) in [5.41, 5.74) is 5.43. The summed E-state index contributed by atoms with van der Waals surface area (Å²) in [5.74, 6) is 0.648. The Morgan fingerprint density at radius 3 is 3.07 bits per heavy atom. The van der Waals surface area contributed by atoms with E-state index in [-0.39, 0.29) is 5.11 Å². The van der Waals surface area contributed by atoms with Crippen LogP contribution in [0.15, 0.2) is 40.6 Å². The summed E-state index contributed by atoms with van der Waals surface area (Å²) in [7, 11) is 0. The van der Waals surface area contributed by atoms with Gasteiger partial charge in [-0.05, 0) is 24.4 Å². The monoisotopic (exact) mass is 209 g/mol. The van der Waals surface area contributed by atoms with Gasteiger partial charge in [-0.15, -0.1) is 6.58 Å². The first-order valence-electron chi connectivity index (χ1n) is 3.99. The van der Waals surface area contributed by atoms with Gasteiger partial charge in [0, 0.05) is 0 Å². The molecule has 0 spiro atoms. The largest absolute Gasteiger partial charge is 0.463 e. The lowest BCUT2D eigenvalue weighted by Gasteiger charge is -2.13. The Hall–Kier alpha value is -1.62. The average molecular weight is 209 g/mol. The van der Waals surface area contributed by atoms with Crippen molar-refractivity contribution < 1.29 is 4.42 Å². The fraction of sp³-hybridized carbons (Fsp3) is 0.111. The zero-order valence-corrected chi connectivity index (χ0v) is 8.41. The van der Waals surface area contributed by atoms with Crippen molar-refractivity contribution in [2.75, 3.05) is 6.54 Å². The molecular weight excluding hydrogens is 198 g/mol. The summed E-state index contributed by atoms with van der Waals surface area (Å²) < 4.78 is 5.06.